The van der Waals surface area contributed by atoms with Crippen LogP contribution in [-0.2, 0) is 11.2 Å². The topological polar surface area (TPSA) is 71.1 Å². The van der Waals surface area contributed by atoms with Crippen molar-refractivity contribution < 1.29 is 9.59 Å². The van der Waals surface area contributed by atoms with Crippen LogP contribution in [0.1, 0.15) is 40.7 Å². The lowest BCUT2D eigenvalue weighted by atomic mass is 10.2. The first-order valence-electron chi connectivity index (χ1n) is 7.79. The summed E-state index contributed by atoms with van der Waals surface area (Å²) in [5.41, 5.74) is 1.57. The molecule has 0 aliphatic carbocycles. The summed E-state index contributed by atoms with van der Waals surface area (Å²) < 4.78 is 0. The molecule has 0 bridgehead atoms. The second-order valence-electron chi connectivity index (χ2n) is 5.29. The molecule has 0 unspecified atom stereocenters. The Morgan fingerprint density at radius 2 is 1.96 bits per heavy atom. The molecule has 7 heteroatoms. The van der Waals surface area contributed by atoms with Crippen molar-refractivity contribution in [3.8, 4) is 0 Å². The normalized spacial score (nSPS) is 10.5. The van der Waals surface area contributed by atoms with Crippen molar-refractivity contribution in [3.05, 3.63) is 45.4 Å². The minimum Gasteiger partial charge on any atom is -0.352 e. The van der Waals surface area contributed by atoms with Gasteiger partial charge in [-0.3, -0.25) is 9.59 Å². The first-order chi connectivity index (χ1) is 11.5. The number of aromatic nitrogens is 1. The van der Waals surface area contributed by atoms with Crippen LogP contribution >= 0.6 is 22.9 Å². The number of hydrogen-bond donors (Lipinski definition) is 2. The van der Waals surface area contributed by atoms with Gasteiger partial charge in [0.1, 0.15) is 0 Å². The summed E-state index contributed by atoms with van der Waals surface area (Å²) in [5.74, 6) is -0.262. The summed E-state index contributed by atoms with van der Waals surface area (Å²) >= 11 is 7.27. The van der Waals surface area contributed by atoms with Crippen molar-refractivity contribution in [1.29, 1.82) is 0 Å². The number of nitrogens with zero attached hydrogens (tertiary/aromatic N) is 1. The molecule has 0 saturated carbocycles. The van der Waals surface area contributed by atoms with E-state index in [1.165, 1.54) is 11.3 Å². The van der Waals surface area contributed by atoms with Gasteiger partial charge in [0.05, 0.1) is 5.69 Å². The number of anilines is 1. The zero-order chi connectivity index (χ0) is 17.5. The Morgan fingerprint density at radius 1 is 1.25 bits per heavy atom. The summed E-state index contributed by atoms with van der Waals surface area (Å²) in [6.07, 6.45) is 1.76. The summed E-state index contributed by atoms with van der Waals surface area (Å²) in [7, 11) is 0. The summed E-state index contributed by atoms with van der Waals surface area (Å²) in [6, 6.07) is 6.68. The highest BCUT2D eigenvalue weighted by Crippen LogP contribution is 2.22. The van der Waals surface area contributed by atoms with E-state index in [0.717, 1.165) is 17.0 Å². The van der Waals surface area contributed by atoms with Gasteiger partial charge >= 0.3 is 0 Å². The number of thiazole rings is 1. The molecule has 24 heavy (non-hydrogen) atoms. The van der Waals surface area contributed by atoms with Gasteiger partial charge < -0.3 is 10.6 Å². The van der Waals surface area contributed by atoms with E-state index >= 15 is 0 Å². The quantitative estimate of drug-likeness (QED) is 0.733. The average Bonchev–Trinajstić information content (AvgIpc) is 2.91. The molecule has 1 heterocycles. The highest BCUT2D eigenvalue weighted by molar-refractivity contribution is 7.15. The Hall–Kier alpha value is -1.92. The van der Waals surface area contributed by atoms with Crippen LogP contribution in [-0.4, -0.2) is 23.3 Å². The van der Waals surface area contributed by atoms with Crippen LogP contribution in [0.4, 0.5) is 5.13 Å². The number of nitrogens with one attached hydrogen (secondary N) is 2. The zero-order valence-corrected chi connectivity index (χ0v) is 15.3. The Bertz CT molecular complexity index is 713. The van der Waals surface area contributed by atoms with Gasteiger partial charge in [0, 0.05) is 28.4 Å². The molecular formula is C17H20ClN3O2S. The van der Waals surface area contributed by atoms with E-state index in [1.54, 1.807) is 24.3 Å². The maximum atomic E-state index is 11.9. The van der Waals surface area contributed by atoms with Crippen LogP contribution in [0.25, 0.3) is 0 Å². The van der Waals surface area contributed by atoms with Crippen LogP contribution in [0.5, 0.6) is 0 Å². The number of hydrogen-bond acceptors (Lipinski definition) is 4. The van der Waals surface area contributed by atoms with Crippen LogP contribution in [0.2, 0.25) is 5.02 Å². The third-order valence-corrected chi connectivity index (χ3v) is 4.63. The summed E-state index contributed by atoms with van der Waals surface area (Å²) in [6.45, 7) is 4.47. The molecule has 0 aliphatic rings. The van der Waals surface area contributed by atoms with Crippen molar-refractivity contribution in [3.63, 3.8) is 0 Å². The van der Waals surface area contributed by atoms with E-state index in [0.29, 0.717) is 35.1 Å². The van der Waals surface area contributed by atoms with Gasteiger partial charge in [-0.1, -0.05) is 18.5 Å². The molecule has 2 rings (SSSR count). The SMILES string of the molecule is CCc1nc(NC(=O)CCCNC(=O)c2ccc(Cl)cc2)sc1C. The van der Waals surface area contributed by atoms with E-state index in [-0.39, 0.29) is 11.8 Å². The van der Waals surface area contributed by atoms with Crippen LogP contribution in [0, 0.1) is 6.92 Å². The minimum atomic E-state index is -0.171. The molecule has 2 amide bonds. The Morgan fingerprint density at radius 3 is 2.58 bits per heavy atom. The molecule has 0 atom stereocenters. The Balaban J connectivity index is 1.70. The number of aryl methyl sites for hydroxylation is 2. The second-order valence-corrected chi connectivity index (χ2v) is 6.93. The van der Waals surface area contributed by atoms with Crippen molar-refractivity contribution in [1.82, 2.24) is 10.3 Å². The number of carbonyl (C=O) groups is 2. The van der Waals surface area contributed by atoms with Gasteiger partial charge in [-0.2, -0.15) is 0 Å². The molecule has 0 aliphatic heterocycles. The van der Waals surface area contributed by atoms with Crippen molar-refractivity contribution >= 4 is 39.9 Å². The third-order valence-electron chi connectivity index (χ3n) is 3.45. The molecule has 128 valence electrons. The monoisotopic (exact) mass is 365 g/mol. The van der Waals surface area contributed by atoms with Gasteiger partial charge in [0.15, 0.2) is 5.13 Å². The van der Waals surface area contributed by atoms with Crippen LogP contribution < -0.4 is 10.6 Å². The first-order valence-corrected chi connectivity index (χ1v) is 8.99. The van der Waals surface area contributed by atoms with Crippen molar-refractivity contribution in [2.45, 2.75) is 33.1 Å². The zero-order valence-electron chi connectivity index (χ0n) is 13.7. The molecule has 2 N–H and O–H groups in total. The predicted molar refractivity (Wildman–Crippen MR) is 97.9 cm³/mol. The van der Waals surface area contributed by atoms with E-state index in [4.69, 9.17) is 11.6 Å². The van der Waals surface area contributed by atoms with Crippen molar-refractivity contribution in [2.24, 2.45) is 0 Å². The lowest BCUT2D eigenvalue weighted by Crippen LogP contribution is -2.25. The molecule has 1 aromatic heterocycles. The first kappa shape index (κ1) is 18.4. The maximum Gasteiger partial charge on any atom is 0.251 e. The fourth-order valence-corrected chi connectivity index (χ4v) is 3.19. The van der Waals surface area contributed by atoms with E-state index in [9.17, 15) is 9.59 Å². The number of benzene rings is 1. The van der Waals surface area contributed by atoms with E-state index in [1.807, 2.05) is 13.8 Å². The van der Waals surface area contributed by atoms with Gasteiger partial charge in [0.25, 0.3) is 5.91 Å². The lowest BCUT2D eigenvalue weighted by Gasteiger charge is -2.05. The fourth-order valence-electron chi connectivity index (χ4n) is 2.15. The Labute approximate surface area is 150 Å². The largest absolute Gasteiger partial charge is 0.352 e. The van der Waals surface area contributed by atoms with E-state index in [2.05, 4.69) is 15.6 Å². The number of carbonyl (C=O) groups excluding carboxylic acids is 2. The predicted octanol–water partition coefficient (Wildman–Crippen LogP) is 3.82. The maximum absolute atomic E-state index is 11.9. The van der Waals surface area contributed by atoms with Gasteiger partial charge in [-0.05, 0) is 44.0 Å². The molecule has 2 aromatic rings. The number of amides is 2. The Kier molecular flexibility index (Phi) is 6.75. The van der Waals surface area contributed by atoms with Gasteiger partial charge in [-0.15, -0.1) is 11.3 Å². The molecule has 5 nitrogen and oxygen atoms in total. The highest BCUT2D eigenvalue weighted by Gasteiger charge is 2.10. The number of halogens is 1. The van der Waals surface area contributed by atoms with E-state index < -0.39 is 0 Å². The molecular weight excluding hydrogens is 346 g/mol. The number of rotatable bonds is 7. The molecule has 0 radical (unpaired) electrons. The molecule has 0 spiro atoms. The molecule has 0 saturated heterocycles. The van der Waals surface area contributed by atoms with Crippen LogP contribution in [0.3, 0.4) is 0 Å². The summed E-state index contributed by atoms with van der Waals surface area (Å²) in [4.78, 5) is 29.3. The third kappa shape index (κ3) is 5.32. The second kappa shape index (κ2) is 8.80. The van der Waals surface area contributed by atoms with Crippen LogP contribution in [0.15, 0.2) is 24.3 Å². The minimum absolute atomic E-state index is 0.0906. The standard InChI is InChI=1S/C17H20ClN3O2S/c1-3-14-11(2)24-17(20-14)21-15(22)5-4-10-19-16(23)12-6-8-13(18)9-7-12/h6-9H,3-5,10H2,1-2H3,(H,19,23)(H,20,21,22). The molecule has 0 fully saturated rings. The average molecular weight is 366 g/mol. The smallest absolute Gasteiger partial charge is 0.251 e. The fraction of sp³-hybridized carbons (Fsp3) is 0.353. The summed E-state index contributed by atoms with van der Waals surface area (Å²) in [5, 5.41) is 6.82. The lowest BCUT2D eigenvalue weighted by molar-refractivity contribution is -0.116. The van der Waals surface area contributed by atoms with Gasteiger partial charge in [0.2, 0.25) is 5.91 Å². The highest BCUT2D eigenvalue weighted by atomic mass is 35.5. The van der Waals surface area contributed by atoms with Crippen molar-refractivity contribution in [2.75, 3.05) is 11.9 Å². The molecule has 1 aromatic carbocycles. The van der Waals surface area contributed by atoms with Gasteiger partial charge in [-0.25, -0.2) is 4.98 Å².